The summed E-state index contributed by atoms with van der Waals surface area (Å²) in [5, 5.41) is 21.4. The summed E-state index contributed by atoms with van der Waals surface area (Å²) in [6, 6.07) is 9.31. The van der Waals surface area contributed by atoms with Crippen molar-refractivity contribution in [3.05, 3.63) is 29.8 Å². The average molecular weight is 258 g/mol. The number of hydrogen-bond donors (Lipinski definition) is 2. The van der Waals surface area contributed by atoms with E-state index in [1.165, 1.54) is 0 Å². The van der Waals surface area contributed by atoms with Crippen LogP contribution in [0.3, 0.4) is 0 Å². The Bertz CT molecular complexity index is 499. The van der Waals surface area contributed by atoms with Crippen LogP contribution in [0.1, 0.15) is 37.7 Å². The van der Waals surface area contributed by atoms with Gasteiger partial charge in [-0.2, -0.15) is 5.26 Å². The van der Waals surface area contributed by atoms with Crippen LogP contribution >= 0.6 is 0 Å². The molecule has 0 saturated heterocycles. The molecule has 1 amide bonds. The fourth-order valence-electron chi connectivity index (χ4n) is 2.57. The van der Waals surface area contributed by atoms with E-state index in [1.807, 2.05) is 6.07 Å². The predicted octanol–water partition coefficient (Wildman–Crippen LogP) is 2.59. The van der Waals surface area contributed by atoms with Gasteiger partial charge in [-0.3, -0.25) is 4.79 Å². The van der Waals surface area contributed by atoms with E-state index in [0.29, 0.717) is 24.1 Å². The highest BCUT2D eigenvalue weighted by Gasteiger charge is 2.39. The van der Waals surface area contributed by atoms with E-state index in [9.17, 15) is 15.2 Å². The normalized spacial score (nSPS) is 17.5. The molecule has 1 aliphatic rings. The summed E-state index contributed by atoms with van der Waals surface area (Å²) in [6.45, 7) is -0.129. The predicted molar refractivity (Wildman–Crippen MR) is 72.1 cm³/mol. The summed E-state index contributed by atoms with van der Waals surface area (Å²) >= 11 is 0. The van der Waals surface area contributed by atoms with E-state index in [0.717, 1.165) is 19.3 Å². The van der Waals surface area contributed by atoms with Gasteiger partial charge in [0, 0.05) is 11.3 Å². The molecule has 1 saturated carbocycles. The van der Waals surface area contributed by atoms with Crippen LogP contribution in [0.2, 0.25) is 0 Å². The first-order valence-corrected chi connectivity index (χ1v) is 6.63. The lowest BCUT2D eigenvalue weighted by Gasteiger charge is -2.29. The highest BCUT2D eigenvalue weighted by molar-refractivity contribution is 5.97. The summed E-state index contributed by atoms with van der Waals surface area (Å²) in [6.07, 6.45) is 4.17. The third-order valence-corrected chi connectivity index (χ3v) is 3.79. The fraction of sp³-hybridized carbons (Fsp3) is 0.467. The first-order valence-electron chi connectivity index (χ1n) is 6.63. The molecule has 0 radical (unpaired) electrons. The zero-order valence-electron chi connectivity index (χ0n) is 10.9. The van der Waals surface area contributed by atoms with Crippen molar-refractivity contribution in [1.82, 2.24) is 0 Å². The quantitative estimate of drug-likeness (QED) is 0.875. The van der Waals surface area contributed by atoms with E-state index >= 15 is 0 Å². The number of carbonyl (C=O) groups excluding carboxylic acids is 1. The number of hydrogen-bond acceptors (Lipinski definition) is 3. The number of nitrogens with one attached hydrogen (secondary N) is 1. The molecule has 2 N–H and O–H groups in total. The second-order valence-electron chi connectivity index (χ2n) is 5.02. The van der Waals surface area contributed by atoms with Crippen molar-refractivity contribution in [1.29, 1.82) is 5.26 Å². The SMILES string of the molecule is N#CC1(C(=O)Nc2ccccc2CO)CCCCC1. The van der Waals surface area contributed by atoms with Gasteiger partial charge in [-0.05, 0) is 18.9 Å². The minimum absolute atomic E-state index is 0.129. The van der Waals surface area contributed by atoms with E-state index < -0.39 is 5.41 Å². The number of nitriles is 1. The second kappa shape index (κ2) is 5.85. The molecule has 4 heteroatoms. The third kappa shape index (κ3) is 2.77. The van der Waals surface area contributed by atoms with Gasteiger partial charge < -0.3 is 10.4 Å². The Morgan fingerprint density at radius 1 is 1.32 bits per heavy atom. The van der Waals surface area contributed by atoms with Crippen molar-refractivity contribution >= 4 is 11.6 Å². The van der Waals surface area contributed by atoms with Crippen molar-refractivity contribution in [2.75, 3.05) is 5.32 Å². The molecule has 1 aromatic carbocycles. The lowest BCUT2D eigenvalue weighted by molar-refractivity contribution is -0.124. The number of aliphatic hydroxyl groups excluding tert-OH is 1. The molecule has 4 nitrogen and oxygen atoms in total. The van der Waals surface area contributed by atoms with E-state index in [1.54, 1.807) is 18.2 Å². The molecule has 0 unspecified atom stereocenters. The van der Waals surface area contributed by atoms with Crippen LogP contribution in [0.15, 0.2) is 24.3 Å². The molecule has 2 rings (SSSR count). The number of carbonyl (C=O) groups is 1. The van der Waals surface area contributed by atoms with Crippen molar-refractivity contribution < 1.29 is 9.90 Å². The number of benzene rings is 1. The Hall–Kier alpha value is -1.86. The first kappa shape index (κ1) is 13.6. The molecular weight excluding hydrogens is 240 g/mol. The summed E-state index contributed by atoms with van der Waals surface area (Å²) < 4.78 is 0. The smallest absolute Gasteiger partial charge is 0.244 e. The van der Waals surface area contributed by atoms with Crippen molar-refractivity contribution in [2.24, 2.45) is 5.41 Å². The molecule has 1 aromatic rings. The number of aliphatic hydroxyl groups is 1. The lowest BCUT2D eigenvalue weighted by Crippen LogP contribution is -2.37. The van der Waals surface area contributed by atoms with Gasteiger partial charge in [0.05, 0.1) is 12.7 Å². The Labute approximate surface area is 113 Å². The van der Waals surface area contributed by atoms with Crippen molar-refractivity contribution in [3.8, 4) is 6.07 Å². The molecule has 0 atom stereocenters. The summed E-state index contributed by atoms with van der Waals surface area (Å²) in [7, 11) is 0. The second-order valence-corrected chi connectivity index (χ2v) is 5.02. The van der Waals surface area contributed by atoms with Crippen LogP contribution in [-0.2, 0) is 11.4 Å². The van der Waals surface area contributed by atoms with Crippen LogP contribution in [0.4, 0.5) is 5.69 Å². The maximum Gasteiger partial charge on any atom is 0.244 e. The molecule has 0 aromatic heterocycles. The van der Waals surface area contributed by atoms with Gasteiger partial charge in [0.25, 0.3) is 0 Å². The molecule has 0 bridgehead atoms. The Morgan fingerprint density at radius 2 is 2.00 bits per heavy atom. The van der Waals surface area contributed by atoms with Gasteiger partial charge in [-0.25, -0.2) is 0 Å². The molecule has 0 spiro atoms. The molecule has 1 aliphatic carbocycles. The third-order valence-electron chi connectivity index (χ3n) is 3.79. The minimum atomic E-state index is -0.902. The number of anilines is 1. The number of nitrogens with zero attached hydrogens (tertiary/aromatic N) is 1. The van der Waals surface area contributed by atoms with E-state index in [4.69, 9.17) is 0 Å². The maximum absolute atomic E-state index is 12.4. The van der Waals surface area contributed by atoms with Crippen molar-refractivity contribution in [2.45, 2.75) is 38.7 Å². The molecule has 0 heterocycles. The van der Waals surface area contributed by atoms with Gasteiger partial charge in [0.2, 0.25) is 5.91 Å². The molecule has 1 fully saturated rings. The number of rotatable bonds is 3. The summed E-state index contributed by atoms with van der Waals surface area (Å²) in [5.41, 5.74) is 0.357. The van der Waals surface area contributed by atoms with Crippen molar-refractivity contribution in [3.63, 3.8) is 0 Å². The Kier molecular flexibility index (Phi) is 4.18. The summed E-state index contributed by atoms with van der Waals surface area (Å²) in [5.74, 6) is -0.240. The highest BCUT2D eigenvalue weighted by Crippen LogP contribution is 2.37. The summed E-state index contributed by atoms with van der Waals surface area (Å²) in [4.78, 5) is 12.4. The van der Waals surface area contributed by atoms with Gasteiger partial charge in [-0.15, -0.1) is 0 Å². The standard InChI is InChI=1S/C15H18N2O2/c16-11-15(8-4-1-5-9-15)14(19)17-13-7-3-2-6-12(13)10-18/h2-3,6-7,18H,1,4-5,8-10H2,(H,17,19). The number of amides is 1. The largest absolute Gasteiger partial charge is 0.392 e. The first-order chi connectivity index (χ1) is 9.22. The zero-order chi connectivity index (χ0) is 13.7. The van der Waals surface area contributed by atoms with Crippen LogP contribution in [0.25, 0.3) is 0 Å². The average Bonchev–Trinajstić information content (AvgIpc) is 2.48. The molecule has 0 aliphatic heterocycles. The molecule has 100 valence electrons. The molecular formula is C15H18N2O2. The lowest BCUT2D eigenvalue weighted by atomic mass is 9.74. The van der Waals surface area contributed by atoms with Crippen LogP contribution in [-0.4, -0.2) is 11.0 Å². The monoisotopic (exact) mass is 258 g/mol. The van der Waals surface area contributed by atoms with E-state index in [2.05, 4.69) is 11.4 Å². The van der Waals surface area contributed by atoms with Crippen LogP contribution in [0.5, 0.6) is 0 Å². The fourth-order valence-corrected chi connectivity index (χ4v) is 2.57. The Morgan fingerprint density at radius 3 is 2.63 bits per heavy atom. The van der Waals surface area contributed by atoms with Gasteiger partial charge >= 0.3 is 0 Å². The van der Waals surface area contributed by atoms with E-state index in [-0.39, 0.29) is 12.5 Å². The van der Waals surface area contributed by atoms with Gasteiger partial charge in [0.15, 0.2) is 0 Å². The van der Waals surface area contributed by atoms with Crippen LogP contribution in [0, 0.1) is 16.7 Å². The van der Waals surface area contributed by atoms with Gasteiger partial charge in [0.1, 0.15) is 5.41 Å². The minimum Gasteiger partial charge on any atom is -0.392 e. The van der Waals surface area contributed by atoms with Crippen LogP contribution < -0.4 is 5.32 Å². The Balaban J connectivity index is 2.18. The number of para-hydroxylation sites is 1. The molecule has 19 heavy (non-hydrogen) atoms. The zero-order valence-corrected chi connectivity index (χ0v) is 10.9. The topological polar surface area (TPSA) is 73.1 Å². The van der Waals surface area contributed by atoms with Gasteiger partial charge in [-0.1, -0.05) is 37.5 Å². The maximum atomic E-state index is 12.4. The highest BCUT2D eigenvalue weighted by atomic mass is 16.3.